The quantitative estimate of drug-likeness (QED) is 0.800. The summed E-state index contributed by atoms with van der Waals surface area (Å²) in [7, 11) is 0. The molecule has 0 bridgehead atoms. The van der Waals surface area contributed by atoms with E-state index < -0.39 is 0 Å². The zero-order valence-corrected chi connectivity index (χ0v) is 8.95. The van der Waals surface area contributed by atoms with Gasteiger partial charge in [0.1, 0.15) is 11.9 Å². The van der Waals surface area contributed by atoms with Crippen molar-refractivity contribution in [3.8, 4) is 6.07 Å². The molecule has 15 heavy (non-hydrogen) atoms. The molecule has 1 heterocycles. The molecule has 1 saturated carbocycles. The summed E-state index contributed by atoms with van der Waals surface area (Å²) in [5.41, 5.74) is 1.68. The molecule has 1 aromatic heterocycles. The molecule has 0 radical (unpaired) electrons. The Morgan fingerprint density at radius 3 is 2.87 bits per heavy atom. The lowest BCUT2D eigenvalue weighted by molar-refractivity contribution is 0.750. The van der Waals surface area contributed by atoms with E-state index in [1.807, 2.05) is 13.0 Å². The number of aromatic nitrogens is 1. The first-order valence-corrected chi connectivity index (χ1v) is 5.43. The second kappa shape index (κ2) is 4.31. The Balaban J connectivity index is 2.20. The highest BCUT2D eigenvalue weighted by Gasteiger charge is 2.16. The molecule has 1 aliphatic rings. The second-order valence-electron chi connectivity index (χ2n) is 4.09. The summed E-state index contributed by atoms with van der Waals surface area (Å²) >= 11 is 0. The van der Waals surface area contributed by atoms with Crippen LogP contribution in [-0.2, 0) is 0 Å². The first-order chi connectivity index (χ1) is 7.31. The van der Waals surface area contributed by atoms with Crippen molar-refractivity contribution in [3.63, 3.8) is 0 Å². The van der Waals surface area contributed by atoms with Crippen LogP contribution in [-0.4, -0.2) is 11.0 Å². The van der Waals surface area contributed by atoms with Crippen molar-refractivity contribution in [1.29, 1.82) is 5.26 Å². The van der Waals surface area contributed by atoms with Crippen LogP contribution in [0.5, 0.6) is 0 Å². The zero-order valence-electron chi connectivity index (χ0n) is 8.95. The third kappa shape index (κ3) is 2.10. The van der Waals surface area contributed by atoms with Crippen molar-refractivity contribution in [3.05, 3.63) is 23.4 Å². The van der Waals surface area contributed by atoms with Gasteiger partial charge in [-0.2, -0.15) is 5.26 Å². The normalized spacial score (nSPS) is 16.3. The summed E-state index contributed by atoms with van der Waals surface area (Å²) in [6.07, 6.45) is 6.71. The van der Waals surface area contributed by atoms with E-state index in [1.54, 1.807) is 6.20 Å². The molecule has 0 unspecified atom stereocenters. The molecular weight excluding hydrogens is 186 g/mol. The van der Waals surface area contributed by atoms with Crippen molar-refractivity contribution in [2.75, 3.05) is 5.32 Å². The molecule has 1 aromatic rings. The topological polar surface area (TPSA) is 48.7 Å². The fourth-order valence-corrected chi connectivity index (χ4v) is 2.07. The third-order valence-corrected chi connectivity index (χ3v) is 2.97. The van der Waals surface area contributed by atoms with Gasteiger partial charge in [-0.25, -0.2) is 4.98 Å². The highest BCUT2D eigenvalue weighted by Crippen LogP contribution is 2.23. The van der Waals surface area contributed by atoms with Crippen LogP contribution in [0.1, 0.15) is 36.8 Å². The average molecular weight is 201 g/mol. The minimum Gasteiger partial charge on any atom is -0.366 e. The van der Waals surface area contributed by atoms with Crippen LogP contribution in [0.25, 0.3) is 0 Å². The fraction of sp³-hybridized carbons (Fsp3) is 0.500. The summed E-state index contributed by atoms with van der Waals surface area (Å²) in [6, 6.07) is 4.59. The van der Waals surface area contributed by atoms with Crippen molar-refractivity contribution in [2.24, 2.45) is 0 Å². The number of hydrogen-bond acceptors (Lipinski definition) is 3. The number of nitriles is 1. The Morgan fingerprint density at radius 2 is 2.20 bits per heavy atom. The Bertz CT molecular complexity index is 386. The molecule has 0 spiro atoms. The van der Waals surface area contributed by atoms with Crippen molar-refractivity contribution < 1.29 is 0 Å². The maximum absolute atomic E-state index is 9.04. The molecular formula is C12H15N3. The summed E-state index contributed by atoms with van der Waals surface area (Å²) in [4.78, 5) is 4.24. The number of hydrogen-bond donors (Lipinski definition) is 1. The third-order valence-electron chi connectivity index (χ3n) is 2.97. The van der Waals surface area contributed by atoms with Gasteiger partial charge in [-0.3, -0.25) is 0 Å². The first kappa shape index (κ1) is 9.97. The van der Waals surface area contributed by atoms with Gasteiger partial charge in [0.25, 0.3) is 0 Å². The minimum absolute atomic E-state index is 0.506. The molecule has 1 fully saturated rings. The maximum atomic E-state index is 9.04. The van der Waals surface area contributed by atoms with Gasteiger partial charge in [-0.15, -0.1) is 0 Å². The Kier molecular flexibility index (Phi) is 2.86. The van der Waals surface area contributed by atoms with Crippen LogP contribution in [0.3, 0.4) is 0 Å². The van der Waals surface area contributed by atoms with E-state index in [9.17, 15) is 0 Å². The number of pyridine rings is 1. The summed E-state index contributed by atoms with van der Waals surface area (Å²) in [5.74, 6) is 0.754. The van der Waals surface area contributed by atoms with E-state index in [4.69, 9.17) is 5.26 Å². The van der Waals surface area contributed by atoms with Crippen LogP contribution in [0, 0.1) is 18.3 Å². The Labute approximate surface area is 90.1 Å². The lowest BCUT2D eigenvalue weighted by atomic mass is 10.1. The molecule has 0 atom stereocenters. The van der Waals surface area contributed by atoms with Gasteiger partial charge in [-0.1, -0.05) is 12.8 Å². The number of aryl methyl sites for hydroxylation is 1. The molecule has 1 N–H and O–H groups in total. The van der Waals surface area contributed by atoms with Crippen LogP contribution in [0.2, 0.25) is 0 Å². The fourth-order valence-electron chi connectivity index (χ4n) is 2.07. The highest BCUT2D eigenvalue weighted by molar-refractivity contribution is 5.55. The molecule has 0 saturated heterocycles. The predicted molar refractivity (Wildman–Crippen MR) is 59.6 cm³/mol. The smallest absolute Gasteiger partial charge is 0.144 e. The highest BCUT2D eigenvalue weighted by atomic mass is 15.0. The second-order valence-corrected chi connectivity index (χ2v) is 4.09. The molecule has 3 nitrogen and oxygen atoms in total. The summed E-state index contributed by atoms with van der Waals surface area (Å²) < 4.78 is 0. The van der Waals surface area contributed by atoms with E-state index >= 15 is 0 Å². The standard InChI is InChI=1S/C12H15N3/c1-9-6-7-14-12(11(9)8-13)15-10-4-2-3-5-10/h6-7,10H,2-5H2,1H3,(H,14,15). The number of nitrogens with one attached hydrogen (secondary N) is 1. The minimum atomic E-state index is 0.506. The van der Waals surface area contributed by atoms with Gasteiger partial charge in [0.05, 0.1) is 5.56 Å². The predicted octanol–water partition coefficient (Wildman–Crippen LogP) is 2.62. The number of rotatable bonds is 2. The van der Waals surface area contributed by atoms with E-state index in [2.05, 4.69) is 16.4 Å². The van der Waals surface area contributed by atoms with Crippen LogP contribution >= 0.6 is 0 Å². The Morgan fingerprint density at radius 1 is 1.47 bits per heavy atom. The molecule has 2 rings (SSSR count). The SMILES string of the molecule is Cc1ccnc(NC2CCCC2)c1C#N. The average Bonchev–Trinajstić information content (AvgIpc) is 2.71. The van der Waals surface area contributed by atoms with Crippen LogP contribution in [0.4, 0.5) is 5.82 Å². The van der Waals surface area contributed by atoms with Gasteiger partial charge < -0.3 is 5.32 Å². The lowest BCUT2D eigenvalue weighted by Crippen LogP contribution is -2.16. The van der Waals surface area contributed by atoms with E-state index in [0.29, 0.717) is 11.6 Å². The van der Waals surface area contributed by atoms with Gasteiger partial charge >= 0.3 is 0 Å². The number of nitrogens with zero attached hydrogens (tertiary/aromatic N) is 2. The van der Waals surface area contributed by atoms with Crippen LogP contribution < -0.4 is 5.32 Å². The molecule has 0 aliphatic heterocycles. The monoisotopic (exact) mass is 201 g/mol. The van der Waals surface area contributed by atoms with E-state index in [-0.39, 0.29) is 0 Å². The van der Waals surface area contributed by atoms with E-state index in [0.717, 1.165) is 11.4 Å². The summed E-state index contributed by atoms with van der Waals surface area (Å²) in [6.45, 7) is 1.94. The van der Waals surface area contributed by atoms with Crippen LogP contribution in [0.15, 0.2) is 12.3 Å². The van der Waals surface area contributed by atoms with Crippen molar-refractivity contribution in [2.45, 2.75) is 38.6 Å². The van der Waals surface area contributed by atoms with Gasteiger partial charge in [0, 0.05) is 12.2 Å². The van der Waals surface area contributed by atoms with Crippen molar-refractivity contribution >= 4 is 5.82 Å². The Hall–Kier alpha value is -1.56. The van der Waals surface area contributed by atoms with Gasteiger partial charge in [0.15, 0.2) is 0 Å². The molecule has 3 heteroatoms. The maximum Gasteiger partial charge on any atom is 0.144 e. The zero-order chi connectivity index (χ0) is 10.7. The largest absolute Gasteiger partial charge is 0.366 e. The lowest BCUT2D eigenvalue weighted by Gasteiger charge is -2.14. The van der Waals surface area contributed by atoms with E-state index in [1.165, 1.54) is 25.7 Å². The molecule has 0 amide bonds. The first-order valence-electron chi connectivity index (χ1n) is 5.43. The molecule has 0 aromatic carbocycles. The summed E-state index contributed by atoms with van der Waals surface area (Å²) in [5, 5.41) is 12.4. The number of anilines is 1. The molecule has 1 aliphatic carbocycles. The van der Waals surface area contributed by atoms with Gasteiger partial charge in [-0.05, 0) is 31.4 Å². The molecule has 78 valence electrons. The van der Waals surface area contributed by atoms with Gasteiger partial charge in [0.2, 0.25) is 0 Å². The van der Waals surface area contributed by atoms with Crippen molar-refractivity contribution in [1.82, 2.24) is 4.98 Å².